The van der Waals surface area contributed by atoms with Crippen molar-refractivity contribution in [1.82, 2.24) is 5.32 Å². The van der Waals surface area contributed by atoms with Crippen LogP contribution in [0.2, 0.25) is 0 Å². The van der Waals surface area contributed by atoms with Crippen LogP contribution in [0.25, 0.3) is 0 Å². The van der Waals surface area contributed by atoms with Crippen LogP contribution in [0.3, 0.4) is 0 Å². The predicted molar refractivity (Wildman–Crippen MR) is 82.3 cm³/mol. The van der Waals surface area contributed by atoms with E-state index in [2.05, 4.69) is 23.5 Å². The molecule has 0 spiro atoms. The van der Waals surface area contributed by atoms with E-state index in [4.69, 9.17) is 10.5 Å². The van der Waals surface area contributed by atoms with Crippen molar-refractivity contribution >= 4 is 5.91 Å². The maximum atomic E-state index is 11.5. The second-order valence-corrected chi connectivity index (χ2v) is 6.14. The number of rotatable bonds is 5. The molecule has 2 unspecified atom stereocenters. The monoisotopic (exact) mass is 288 g/mol. The van der Waals surface area contributed by atoms with Gasteiger partial charge in [0.15, 0.2) is 0 Å². The van der Waals surface area contributed by atoms with Gasteiger partial charge in [0.2, 0.25) is 5.91 Å². The number of amides is 1. The van der Waals surface area contributed by atoms with Crippen LogP contribution >= 0.6 is 0 Å². The van der Waals surface area contributed by atoms with Crippen LogP contribution in [0.4, 0.5) is 0 Å². The van der Waals surface area contributed by atoms with E-state index in [0.29, 0.717) is 0 Å². The Morgan fingerprint density at radius 1 is 1.33 bits per heavy atom. The summed E-state index contributed by atoms with van der Waals surface area (Å²) in [4.78, 5) is 11.5. The van der Waals surface area contributed by atoms with Gasteiger partial charge in [0.05, 0.1) is 12.5 Å². The third-order valence-electron chi connectivity index (χ3n) is 4.71. The largest absolute Gasteiger partial charge is 0.493 e. The summed E-state index contributed by atoms with van der Waals surface area (Å²) >= 11 is 0. The van der Waals surface area contributed by atoms with Crippen LogP contribution in [0, 0.1) is 5.92 Å². The van der Waals surface area contributed by atoms with E-state index in [1.54, 1.807) is 0 Å². The quantitative estimate of drug-likeness (QED) is 0.868. The zero-order chi connectivity index (χ0) is 14.7. The Kier molecular flexibility index (Phi) is 4.44. The normalized spacial score (nSPS) is 24.4. The number of fused-ring (bicyclic) bond motifs is 1. The maximum absolute atomic E-state index is 11.5. The summed E-state index contributed by atoms with van der Waals surface area (Å²) < 4.78 is 5.53. The molecule has 0 aromatic heterocycles. The highest BCUT2D eigenvalue weighted by atomic mass is 16.5. The van der Waals surface area contributed by atoms with Crippen molar-refractivity contribution in [3.05, 3.63) is 29.3 Å². The van der Waals surface area contributed by atoms with Crippen LogP contribution < -0.4 is 15.8 Å². The van der Waals surface area contributed by atoms with Crippen LogP contribution in [0.15, 0.2) is 18.2 Å². The van der Waals surface area contributed by atoms with E-state index in [0.717, 1.165) is 51.0 Å². The lowest BCUT2D eigenvalue weighted by atomic mass is 9.84. The van der Waals surface area contributed by atoms with E-state index < -0.39 is 0 Å². The van der Waals surface area contributed by atoms with E-state index in [1.807, 2.05) is 0 Å². The molecule has 4 nitrogen and oxygen atoms in total. The average Bonchev–Trinajstić information content (AvgIpc) is 2.95. The molecule has 1 aliphatic carbocycles. The third kappa shape index (κ3) is 3.38. The van der Waals surface area contributed by atoms with E-state index in [1.165, 1.54) is 17.5 Å². The van der Waals surface area contributed by atoms with Crippen LogP contribution in [-0.2, 0) is 17.6 Å². The summed E-state index contributed by atoms with van der Waals surface area (Å²) in [5.74, 6) is 0.891. The summed E-state index contributed by atoms with van der Waals surface area (Å²) in [6, 6.07) is 6.72. The Morgan fingerprint density at radius 2 is 2.19 bits per heavy atom. The third-order valence-corrected chi connectivity index (χ3v) is 4.71. The first-order valence-electron chi connectivity index (χ1n) is 8.01. The average molecular weight is 288 g/mol. The van der Waals surface area contributed by atoms with Crippen molar-refractivity contribution in [2.75, 3.05) is 13.2 Å². The van der Waals surface area contributed by atoms with Crippen LogP contribution in [0.5, 0.6) is 5.75 Å². The van der Waals surface area contributed by atoms with Crippen molar-refractivity contribution in [2.24, 2.45) is 11.7 Å². The number of nitrogens with two attached hydrogens (primary N) is 1. The molecule has 3 rings (SSSR count). The molecule has 0 bridgehead atoms. The summed E-state index contributed by atoms with van der Waals surface area (Å²) in [7, 11) is 0. The van der Waals surface area contributed by atoms with Gasteiger partial charge in [0.1, 0.15) is 5.75 Å². The zero-order valence-electron chi connectivity index (χ0n) is 12.4. The minimum absolute atomic E-state index is 0.00664. The Labute approximate surface area is 126 Å². The molecule has 114 valence electrons. The topological polar surface area (TPSA) is 64.4 Å². The molecule has 0 radical (unpaired) electrons. The first kappa shape index (κ1) is 14.4. The molecule has 1 fully saturated rings. The van der Waals surface area contributed by atoms with Gasteiger partial charge in [-0.3, -0.25) is 4.79 Å². The molecule has 1 heterocycles. The molecule has 21 heavy (non-hydrogen) atoms. The van der Waals surface area contributed by atoms with E-state index >= 15 is 0 Å². The Hall–Kier alpha value is -1.55. The molecule has 1 aromatic carbocycles. The van der Waals surface area contributed by atoms with E-state index in [-0.39, 0.29) is 17.9 Å². The number of hydrogen-bond donors (Lipinski definition) is 2. The Morgan fingerprint density at radius 3 is 3.05 bits per heavy atom. The number of ether oxygens (including phenoxy) is 1. The molecule has 1 aromatic rings. The number of primary amides is 1. The van der Waals surface area contributed by atoms with Crippen molar-refractivity contribution in [3.63, 3.8) is 0 Å². The van der Waals surface area contributed by atoms with Crippen molar-refractivity contribution in [2.45, 2.75) is 44.6 Å². The number of nitrogens with one attached hydrogen (secondary N) is 1. The van der Waals surface area contributed by atoms with Gasteiger partial charge in [-0.05, 0) is 43.0 Å². The minimum Gasteiger partial charge on any atom is -0.493 e. The van der Waals surface area contributed by atoms with Crippen LogP contribution in [-0.4, -0.2) is 25.1 Å². The second-order valence-electron chi connectivity index (χ2n) is 6.14. The standard InChI is InChI=1S/C17H24N2O2/c18-17(20)14-3-1-2-4-15(14)19-9-7-12-5-6-16-13(11-12)8-10-21-16/h5-6,11,14-15,19H,1-4,7-10H2,(H2,18,20). The zero-order valence-corrected chi connectivity index (χ0v) is 12.4. The number of carbonyl (C=O) groups excluding carboxylic acids is 1. The molecule has 0 saturated heterocycles. The van der Waals surface area contributed by atoms with Crippen molar-refractivity contribution < 1.29 is 9.53 Å². The molecule has 1 aliphatic heterocycles. The Balaban J connectivity index is 1.52. The van der Waals surface area contributed by atoms with E-state index in [9.17, 15) is 4.79 Å². The minimum atomic E-state index is -0.151. The van der Waals surface area contributed by atoms with Crippen molar-refractivity contribution in [3.8, 4) is 5.75 Å². The van der Waals surface area contributed by atoms with Crippen molar-refractivity contribution in [1.29, 1.82) is 0 Å². The van der Waals surface area contributed by atoms with Gasteiger partial charge < -0.3 is 15.8 Å². The first-order valence-corrected chi connectivity index (χ1v) is 8.01. The van der Waals surface area contributed by atoms with Gasteiger partial charge in [-0.2, -0.15) is 0 Å². The summed E-state index contributed by atoms with van der Waals surface area (Å²) in [6.07, 6.45) is 6.31. The number of hydrogen-bond acceptors (Lipinski definition) is 3. The van der Waals surface area contributed by atoms with Gasteiger partial charge in [-0.25, -0.2) is 0 Å². The van der Waals surface area contributed by atoms with Crippen LogP contribution in [0.1, 0.15) is 36.8 Å². The molecule has 4 heteroatoms. The fourth-order valence-electron chi connectivity index (χ4n) is 3.51. The lowest BCUT2D eigenvalue weighted by Crippen LogP contribution is -2.45. The molecular weight excluding hydrogens is 264 g/mol. The maximum Gasteiger partial charge on any atom is 0.222 e. The lowest BCUT2D eigenvalue weighted by Gasteiger charge is -2.30. The van der Waals surface area contributed by atoms with Gasteiger partial charge in [-0.15, -0.1) is 0 Å². The second kappa shape index (κ2) is 6.48. The number of carbonyl (C=O) groups is 1. The Bertz CT molecular complexity index is 516. The fourth-order valence-corrected chi connectivity index (χ4v) is 3.51. The molecule has 2 aliphatic rings. The first-order chi connectivity index (χ1) is 10.2. The molecule has 1 amide bonds. The molecule has 2 atom stereocenters. The molecule has 1 saturated carbocycles. The SMILES string of the molecule is NC(=O)C1CCCCC1NCCc1ccc2c(c1)CCO2. The molecule has 3 N–H and O–H groups in total. The van der Waals surface area contributed by atoms with Gasteiger partial charge >= 0.3 is 0 Å². The highest BCUT2D eigenvalue weighted by Gasteiger charge is 2.28. The summed E-state index contributed by atoms with van der Waals surface area (Å²) in [5, 5.41) is 3.54. The lowest BCUT2D eigenvalue weighted by molar-refractivity contribution is -0.123. The molecular formula is C17H24N2O2. The number of benzene rings is 1. The van der Waals surface area contributed by atoms with Gasteiger partial charge in [0.25, 0.3) is 0 Å². The summed E-state index contributed by atoms with van der Waals surface area (Å²) in [6.45, 7) is 1.70. The highest BCUT2D eigenvalue weighted by Crippen LogP contribution is 2.26. The van der Waals surface area contributed by atoms with Gasteiger partial charge in [0, 0.05) is 12.5 Å². The highest BCUT2D eigenvalue weighted by molar-refractivity contribution is 5.77. The van der Waals surface area contributed by atoms with Gasteiger partial charge in [-0.1, -0.05) is 25.0 Å². The summed E-state index contributed by atoms with van der Waals surface area (Å²) in [5.41, 5.74) is 8.16. The smallest absolute Gasteiger partial charge is 0.222 e. The fraction of sp³-hybridized carbons (Fsp3) is 0.588. The predicted octanol–water partition coefficient (Wildman–Crippen LogP) is 1.80.